The number of carboxylic acid groups (broad SMARTS) is 1. The first-order valence-electron chi connectivity index (χ1n) is 10.3. The molecule has 0 fully saturated rings. The van der Waals surface area contributed by atoms with Crippen molar-refractivity contribution in [3.8, 4) is 0 Å². The van der Waals surface area contributed by atoms with Gasteiger partial charge in [-0.1, -0.05) is 55.3 Å². The maximum absolute atomic E-state index is 13.4. The molecule has 5 nitrogen and oxygen atoms in total. The second kappa shape index (κ2) is 7.65. The molecule has 0 saturated carbocycles. The molecule has 0 saturated heterocycles. The Labute approximate surface area is 186 Å². The zero-order valence-corrected chi connectivity index (χ0v) is 18.5. The maximum atomic E-state index is 13.4. The zero-order chi connectivity index (χ0) is 22.5. The average molecular weight is 438 g/mol. The van der Waals surface area contributed by atoms with Crippen molar-refractivity contribution in [1.82, 2.24) is 0 Å². The van der Waals surface area contributed by atoms with E-state index in [-0.39, 0.29) is 40.0 Å². The molecule has 6 heteroatoms. The largest absolute Gasteiger partial charge is 0.478 e. The highest BCUT2D eigenvalue weighted by atomic mass is 35.5. The monoisotopic (exact) mass is 437 g/mol. The van der Waals surface area contributed by atoms with Gasteiger partial charge in [0, 0.05) is 30.0 Å². The molecule has 2 aromatic carbocycles. The van der Waals surface area contributed by atoms with Crippen molar-refractivity contribution in [2.75, 3.05) is 4.90 Å². The second-order valence-electron chi connectivity index (χ2n) is 9.17. The van der Waals surface area contributed by atoms with Crippen LogP contribution in [-0.4, -0.2) is 22.8 Å². The molecule has 160 valence electrons. The molecule has 1 aliphatic carbocycles. The number of aromatic carboxylic acids is 1. The van der Waals surface area contributed by atoms with Gasteiger partial charge in [0.15, 0.2) is 5.78 Å². The van der Waals surface area contributed by atoms with Gasteiger partial charge in [0.2, 0.25) is 5.91 Å². The van der Waals surface area contributed by atoms with E-state index in [0.717, 1.165) is 11.1 Å². The highest BCUT2D eigenvalue weighted by molar-refractivity contribution is 6.34. The van der Waals surface area contributed by atoms with Crippen LogP contribution in [0.2, 0.25) is 5.02 Å². The molecular formula is C25H24ClNO4. The average Bonchev–Trinajstić information content (AvgIpc) is 2.67. The summed E-state index contributed by atoms with van der Waals surface area (Å²) in [6.45, 7) is 5.99. The van der Waals surface area contributed by atoms with Gasteiger partial charge >= 0.3 is 5.97 Å². The van der Waals surface area contributed by atoms with E-state index in [2.05, 4.69) is 0 Å². The Morgan fingerprint density at radius 1 is 1.13 bits per heavy atom. The van der Waals surface area contributed by atoms with Crippen molar-refractivity contribution in [3.63, 3.8) is 0 Å². The Kier molecular flexibility index (Phi) is 5.26. The van der Waals surface area contributed by atoms with Gasteiger partial charge in [0.25, 0.3) is 0 Å². The van der Waals surface area contributed by atoms with Crippen LogP contribution in [0.1, 0.15) is 60.5 Å². The van der Waals surface area contributed by atoms with Crippen LogP contribution < -0.4 is 4.90 Å². The van der Waals surface area contributed by atoms with Crippen LogP contribution in [0, 0.1) is 12.3 Å². The third kappa shape index (κ3) is 3.90. The van der Waals surface area contributed by atoms with Crippen LogP contribution in [0.3, 0.4) is 0 Å². The Hall–Kier alpha value is -2.92. The Morgan fingerprint density at radius 3 is 2.55 bits per heavy atom. The number of hydrogen-bond donors (Lipinski definition) is 1. The van der Waals surface area contributed by atoms with Gasteiger partial charge in [-0.15, -0.1) is 0 Å². The Morgan fingerprint density at radius 2 is 1.87 bits per heavy atom. The van der Waals surface area contributed by atoms with E-state index in [1.807, 2.05) is 45.0 Å². The molecule has 0 bridgehead atoms. The normalized spacial score (nSPS) is 20.6. The van der Waals surface area contributed by atoms with E-state index in [1.54, 1.807) is 0 Å². The number of carboxylic acids is 1. The van der Waals surface area contributed by atoms with Gasteiger partial charge in [0.05, 0.1) is 16.3 Å². The van der Waals surface area contributed by atoms with Gasteiger partial charge in [-0.3, -0.25) is 14.5 Å². The minimum Gasteiger partial charge on any atom is -0.478 e. The number of Topliss-reactive ketones (excluding diaryl/α,β-unsaturated/α-hetero) is 1. The van der Waals surface area contributed by atoms with Crippen molar-refractivity contribution in [2.24, 2.45) is 5.41 Å². The minimum absolute atomic E-state index is 0.0285. The van der Waals surface area contributed by atoms with Gasteiger partial charge in [-0.2, -0.15) is 0 Å². The third-order valence-electron chi connectivity index (χ3n) is 6.02. The number of allylic oxidation sites excluding steroid dienone is 2. The fourth-order valence-corrected chi connectivity index (χ4v) is 4.89. The molecule has 1 N–H and O–H groups in total. The van der Waals surface area contributed by atoms with Gasteiger partial charge < -0.3 is 5.11 Å². The fraction of sp³-hybridized carbons (Fsp3) is 0.320. The van der Waals surface area contributed by atoms with Crippen LogP contribution in [0.5, 0.6) is 0 Å². The first-order chi connectivity index (χ1) is 14.6. The summed E-state index contributed by atoms with van der Waals surface area (Å²) < 4.78 is 0. The quantitative estimate of drug-likeness (QED) is 0.686. The molecule has 1 amide bonds. The van der Waals surface area contributed by atoms with Crippen molar-refractivity contribution in [2.45, 2.75) is 46.0 Å². The number of hydrogen-bond acceptors (Lipinski definition) is 3. The number of halogens is 1. The number of nitrogens with zero attached hydrogens (tertiary/aromatic N) is 1. The topological polar surface area (TPSA) is 74.7 Å². The lowest BCUT2D eigenvalue weighted by atomic mass is 9.69. The number of ketones is 1. The number of aryl methyl sites for hydroxylation is 1. The van der Waals surface area contributed by atoms with E-state index < -0.39 is 5.97 Å². The van der Waals surface area contributed by atoms with E-state index in [4.69, 9.17) is 11.6 Å². The van der Waals surface area contributed by atoms with E-state index in [0.29, 0.717) is 29.8 Å². The predicted molar refractivity (Wildman–Crippen MR) is 119 cm³/mol. The van der Waals surface area contributed by atoms with Crippen LogP contribution in [0.25, 0.3) is 0 Å². The Bertz CT molecular complexity index is 1150. The molecule has 0 radical (unpaired) electrons. The molecule has 2 aromatic rings. The molecule has 31 heavy (non-hydrogen) atoms. The van der Waals surface area contributed by atoms with Crippen molar-refractivity contribution in [3.05, 3.63) is 75.4 Å². The van der Waals surface area contributed by atoms with Crippen LogP contribution in [-0.2, 0) is 9.59 Å². The van der Waals surface area contributed by atoms with Crippen LogP contribution >= 0.6 is 11.6 Å². The van der Waals surface area contributed by atoms with Crippen LogP contribution in [0.15, 0.2) is 53.7 Å². The summed E-state index contributed by atoms with van der Waals surface area (Å²) in [6.07, 6.45) is 1.05. The van der Waals surface area contributed by atoms with Crippen molar-refractivity contribution in [1.29, 1.82) is 0 Å². The third-order valence-corrected chi connectivity index (χ3v) is 6.34. The van der Waals surface area contributed by atoms with Crippen LogP contribution in [0.4, 0.5) is 5.69 Å². The number of anilines is 1. The summed E-state index contributed by atoms with van der Waals surface area (Å²) in [5.41, 5.74) is 3.31. The van der Waals surface area contributed by atoms with E-state index >= 15 is 0 Å². The smallest absolute Gasteiger partial charge is 0.335 e. The van der Waals surface area contributed by atoms with Gasteiger partial charge in [-0.25, -0.2) is 4.79 Å². The number of rotatable bonds is 3. The number of benzene rings is 2. The molecule has 4 rings (SSSR count). The summed E-state index contributed by atoms with van der Waals surface area (Å²) in [7, 11) is 0. The lowest BCUT2D eigenvalue weighted by Gasteiger charge is -2.43. The number of carbonyl (C=O) groups excluding carboxylic acids is 2. The maximum Gasteiger partial charge on any atom is 0.335 e. The molecule has 1 heterocycles. The van der Waals surface area contributed by atoms with E-state index in [9.17, 15) is 19.5 Å². The number of carbonyl (C=O) groups is 3. The molecular weight excluding hydrogens is 414 g/mol. The number of amides is 1. The molecule has 1 aliphatic heterocycles. The summed E-state index contributed by atoms with van der Waals surface area (Å²) >= 11 is 6.42. The molecule has 1 atom stereocenters. The predicted octanol–water partition coefficient (Wildman–Crippen LogP) is 5.51. The Balaban J connectivity index is 1.94. The first-order valence-corrected chi connectivity index (χ1v) is 10.6. The molecule has 1 unspecified atom stereocenters. The van der Waals surface area contributed by atoms with Crippen molar-refractivity contribution >= 4 is 34.9 Å². The summed E-state index contributed by atoms with van der Waals surface area (Å²) in [6, 6.07) is 12.2. The van der Waals surface area contributed by atoms with Gasteiger partial charge in [-0.05, 0) is 42.5 Å². The fourth-order valence-electron chi connectivity index (χ4n) is 4.68. The summed E-state index contributed by atoms with van der Waals surface area (Å²) in [4.78, 5) is 39.8. The molecule has 2 aliphatic rings. The molecule has 0 spiro atoms. The lowest BCUT2D eigenvalue weighted by Crippen LogP contribution is -2.44. The van der Waals surface area contributed by atoms with E-state index in [1.165, 1.54) is 23.1 Å². The van der Waals surface area contributed by atoms with Gasteiger partial charge in [0.1, 0.15) is 0 Å². The minimum atomic E-state index is -1.10. The zero-order valence-electron chi connectivity index (χ0n) is 17.7. The first kappa shape index (κ1) is 21.3. The SMILES string of the molecule is Cc1cccc(C2CC(=O)N(c3cc(C(=O)O)ccc3Cl)C3=C2C(=O)CC(C)(C)C3)c1. The summed E-state index contributed by atoms with van der Waals surface area (Å²) in [5.74, 6) is -1.58. The lowest BCUT2D eigenvalue weighted by molar-refractivity contribution is -0.121. The standard InChI is InChI=1S/C25H24ClNO4/c1-14-5-4-6-15(9-14)17-11-22(29)27(19-10-16(24(30)31)7-8-18(19)26)20-12-25(2,3)13-21(28)23(17)20/h4-10,17H,11-13H2,1-3H3,(H,30,31). The van der Waals surface area contributed by atoms with Crippen molar-refractivity contribution < 1.29 is 19.5 Å². The highest BCUT2D eigenvalue weighted by Crippen LogP contribution is 2.49. The highest BCUT2D eigenvalue weighted by Gasteiger charge is 2.44. The summed E-state index contributed by atoms with van der Waals surface area (Å²) in [5, 5.41) is 9.70. The molecule has 0 aromatic heterocycles. The second-order valence-corrected chi connectivity index (χ2v) is 9.58.